The Morgan fingerprint density at radius 3 is 2.23 bits per heavy atom. The predicted octanol–water partition coefficient (Wildman–Crippen LogP) is 1.19. The Morgan fingerprint density at radius 2 is 1.63 bits per heavy atom. The van der Waals surface area contributed by atoms with E-state index in [1.807, 2.05) is 36.9 Å². The molecule has 2 amide bonds. The molecule has 2 saturated heterocycles. The van der Waals surface area contributed by atoms with E-state index in [4.69, 9.17) is 0 Å². The Labute approximate surface area is 176 Å². The molecule has 0 aliphatic carbocycles. The van der Waals surface area contributed by atoms with Crippen LogP contribution in [0.4, 0.5) is 5.82 Å². The Bertz CT molecular complexity index is 916. The van der Waals surface area contributed by atoms with Gasteiger partial charge in [0.1, 0.15) is 0 Å². The number of aromatic nitrogens is 4. The highest BCUT2D eigenvalue weighted by Crippen LogP contribution is 2.24. The molecule has 4 rings (SSSR count). The molecule has 1 atom stereocenters. The maximum absolute atomic E-state index is 13.0. The van der Waals surface area contributed by atoms with E-state index in [1.54, 1.807) is 16.5 Å². The SMILES string of the molecule is CC(=O)N1CCN(C(=O)C2CCCN(c3ccc(-n4nc(C)cc4C)nn3)C2)CC1. The van der Waals surface area contributed by atoms with Crippen molar-refractivity contribution in [1.29, 1.82) is 0 Å². The van der Waals surface area contributed by atoms with Gasteiger partial charge in [-0.3, -0.25) is 9.59 Å². The minimum absolute atomic E-state index is 0.0416. The quantitative estimate of drug-likeness (QED) is 0.754. The summed E-state index contributed by atoms with van der Waals surface area (Å²) in [7, 11) is 0. The van der Waals surface area contributed by atoms with Gasteiger partial charge in [0, 0.05) is 51.9 Å². The highest BCUT2D eigenvalue weighted by molar-refractivity contribution is 5.80. The van der Waals surface area contributed by atoms with Crippen LogP contribution in [0.25, 0.3) is 5.82 Å². The lowest BCUT2D eigenvalue weighted by atomic mass is 9.96. The number of aryl methyl sites for hydroxylation is 2. The summed E-state index contributed by atoms with van der Waals surface area (Å²) >= 11 is 0. The van der Waals surface area contributed by atoms with Crippen LogP contribution in [-0.4, -0.2) is 80.9 Å². The van der Waals surface area contributed by atoms with Crippen LogP contribution >= 0.6 is 0 Å². The Balaban J connectivity index is 1.40. The normalized spacial score (nSPS) is 19.8. The van der Waals surface area contributed by atoms with Gasteiger partial charge in [0.05, 0.1) is 11.6 Å². The van der Waals surface area contributed by atoms with Crippen LogP contribution < -0.4 is 4.90 Å². The fraction of sp³-hybridized carbons (Fsp3) is 0.571. The summed E-state index contributed by atoms with van der Waals surface area (Å²) in [6, 6.07) is 5.89. The van der Waals surface area contributed by atoms with E-state index >= 15 is 0 Å². The van der Waals surface area contributed by atoms with Crippen LogP contribution in [0.3, 0.4) is 0 Å². The van der Waals surface area contributed by atoms with E-state index in [0.29, 0.717) is 38.5 Å². The maximum atomic E-state index is 13.0. The van der Waals surface area contributed by atoms with Crippen molar-refractivity contribution < 1.29 is 9.59 Å². The average molecular weight is 412 g/mol. The van der Waals surface area contributed by atoms with E-state index in [-0.39, 0.29) is 17.7 Å². The van der Waals surface area contributed by atoms with Crippen molar-refractivity contribution >= 4 is 17.6 Å². The van der Waals surface area contributed by atoms with Crippen LogP contribution in [0.1, 0.15) is 31.2 Å². The molecular weight excluding hydrogens is 382 g/mol. The van der Waals surface area contributed by atoms with E-state index in [2.05, 4.69) is 20.2 Å². The van der Waals surface area contributed by atoms with Crippen LogP contribution in [0, 0.1) is 19.8 Å². The van der Waals surface area contributed by atoms with Gasteiger partial charge < -0.3 is 14.7 Å². The summed E-state index contributed by atoms with van der Waals surface area (Å²) in [6.45, 7) is 9.53. The minimum atomic E-state index is -0.0416. The molecule has 0 saturated carbocycles. The lowest BCUT2D eigenvalue weighted by molar-refractivity contribution is -0.141. The summed E-state index contributed by atoms with van der Waals surface area (Å²) in [5, 5.41) is 13.2. The Morgan fingerprint density at radius 1 is 0.967 bits per heavy atom. The number of hydrogen-bond donors (Lipinski definition) is 0. The molecule has 0 N–H and O–H groups in total. The predicted molar refractivity (Wildman–Crippen MR) is 112 cm³/mol. The molecule has 2 aliphatic heterocycles. The van der Waals surface area contributed by atoms with Crippen LogP contribution in [-0.2, 0) is 9.59 Å². The summed E-state index contributed by atoms with van der Waals surface area (Å²) in [6.07, 6.45) is 1.84. The summed E-state index contributed by atoms with van der Waals surface area (Å²) < 4.78 is 1.79. The van der Waals surface area contributed by atoms with E-state index in [9.17, 15) is 9.59 Å². The van der Waals surface area contributed by atoms with Gasteiger partial charge in [0.25, 0.3) is 0 Å². The smallest absolute Gasteiger partial charge is 0.227 e. The number of nitrogens with zero attached hydrogens (tertiary/aromatic N) is 7. The fourth-order valence-electron chi connectivity index (χ4n) is 4.35. The zero-order valence-electron chi connectivity index (χ0n) is 17.9. The average Bonchev–Trinajstić information content (AvgIpc) is 3.11. The lowest BCUT2D eigenvalue weighted by Crippen LogP contribution is -2.53. The van der Waals surface area contributed by atoms with Gasteiger partial charge in [-0.2, -0.15) is 5.10 Å². The monoisotopic (exact) mass is 411 g/mol. The Kier molecular flexibility index (Phi) is 5.69. The van der Waals surface area contributed by atoms with Gasteiger partial charge in [-0.25, -0.2) is 4.68 Å². The molecule has 2 aliphatic rings. The number of piperidine rings is 1. The molecule has 160 valence electrons. The minimum Gasteiger partial charge on any atom is -0.354 e. The van der Waals surface area contributed by atoms with E-state index in [0.717, 1.165) is 36.6 Å². The van der Waals surface area contributed by atoms with Gasteiger partial charge in [-0.15, -0.1) is 10.2 Å². The molecule has 30 heavy (non-hydrogen) atoms. The summed E-state index contributed by atoms with van der Waals surface area (Å²) in [5.41, 5.74) is 1.96. The highest BCUT2D eigenvalue weighted by Gasteiger charge is 2.32. The first kappa shape index (κ1) is 20.3. The number of hydrogen-bond acceptors (Lipinski definition) is 6. The maximum Gasteiger partial charge on any atom is 0.227 e. The molecule has 0 aromatic carbocycles. The van der Waals surface area contributed by atoms with Gasteiger partial charge in [-0.05, 0) is 44.9 Å². The van der Waals surface area contributed by atoms with Crippen molar-refractivity contribution in [3.8, 4) is 5.82 Å². The van der Waals surface area contributed by atoms with Crippen LogP contribution in [0.5, 0.6) is 0 Å². The molecule has 0 radical (unpaired) electrons. The number of anilines is 1. The highest BCUT2D eigenvalue weighted by atomic mass is 16.2. The van der Waals surface area contributed by atoms with Crippen molar-refractivity contribution in [3.05, 3.63) is 29.6 Å². The standard InChI is InChI=1S/C21H29N7O2/c1-15-13-16(2)28(24-15)20-7-6-19(22-23-20)27-8-4-5-18(14-27)21(30)26-11-9-25(10-12-26)17(3)29/h6-7,13,18H,4-5,8-12,14H2,1-3H3. The third kappa shape index (κ3) is 4.15. The largest absolute Gasteiger partial charge is 0.354 e. The van der Waals surface area contributed by atoms with Crippen molar-refractivity contribution in [3.63, 3.8) is 0 Å². The van der Waals surface area contributed by atoms with Crippen molar-refractivity contribution in [2.24, 2.45) is 5.92 Å². The first-order valence-electron chi connectivity index (χ1n) is 10.6. The third-order valence-electron chi connectivity index (χ3n) is 5.99. The number of carbonyl (C=O) groups excluding carboxylic acids is 2. The van der Waals surface area contributed by atoms with Gasteiger partial charge in [0.2, 0.25) is 11.8 Å². The molecular formula is C21H29N7O2. The molecule has 4 heterocycles. The van der Waals surface area contributed by atoms with Crippen molar-refractivity contribution in [2.75, 3.05) is 44.2 Å². The number of piperazine rings is 1. The third-order valence-corrected chi connectivity index (χ3v) is 5.99. The van der Waals surface area contributed by atoms with Crippen molar-refractivity contribution in [1.82, 2.24) is 29.8 Å². The second-order valence-electron chi connectivity index (χ2n) is 8.21. The molecule has 0 bridgehead atoms. The zero-order valence-corrected chi connectivity index (χ0v) is 17.9. The molecule has 1 unspecified atom stereocenters. The molecule has 9 nitrogen and oxygen atoms in total. The number of amides is 2. The van der Waals surface area contributed by atoms with Gasteiger partial charge in [0.15, 0.2) is 11.6 Å². The fourth-order valence-corrected chi connectivity index (χ4v) is 4.35. The number of rotatable bonds is 3. The van der Waals surface area contributed by atoms with E-state index in [1.165, 1.54) is 0 Å². The van der Waals surface area contributed by atoms with Crippen molar-refractivity contribution in [2.45, 2.75) is 33.6 Å². The number of carbonyl (C=O) groups is 2. The second kappa shape index (κ2) is 8.41. The Hall–Kier alpha value is -2.97. The molecule has 2 fully saturated rings. The molecule has 0 spiro atoms. The van der Waals surface area contributed by atoms with E-state index < -0.39 is 0 Å². The van der Waals surface area contributed by atoms with Crippen LogP contribution in [0.15, 0.2) is 18.2 Å². The van der Waals surface area contributed by atoms with Gasteiger partial charge in [-0.1, -0.05) is 0 Å². The molecule has 9 heteroatoms. The zero-order chi connectivity index (χ0) is 21.3. The first-order chi connectivity index (χ1) is 14.4. The summed E-state index contributed by atoms with van der Waals surface area (Å²) in [5.74, 6) is 1.71. The van der Waals surface area contributed by atoms with Gasteiger partial charge >= 0.3 is 0 Å². The first-order valence-corrected chi connectivity index (χ1v) is 10.6. The topological polar surface area (TPSA) is 87.5 Å². The molecule has 2 aromatic heterocycles. The summed E-state index contributed by atoms with van der Waals surface area (Å²) in [4.78, 5) is 30.4. The molecule has 2 aromatic rings. The second-order valence-corrected chi connectivity index (χ2v) is 8.21. The van der Waals surface area contributed by atoms with Crippen LogP contribution in [0.2, 0.25) is 0 Å². The lowest BCUT2D eigenvalue weighted by Gasteiger charge is -2.39.